The molecule has 0 aliphatic carbocycles. The van der Waals surface area contributed by atoms with Gasteiger partial charge in [-0.15, -0.1) is 0 Å². The molecule has 0 saturated carbocycles. The molecule has 0 saturated heterocycles. The summed E-state index contributed by atoms with van der Waals surface area (Å²) in [5.74, 6) is -2.53. The standard InChI is InChI=1S/C18H22O6/c1-3-23-11-5-7-13-9-10-15(17(19)20)16(18(21)22)14(13)8-6-12-24-4-2/h5-6,9-12H,3-4,7-8H2,1-2H3,(H,19,20)(H,21,22). The van der Waals surface area contributed by atoms with Gasteiger partial charge in [0.15, 0.2) is 0 Å². The van der Waals surface area contributed by atoms with Crippen molar-refractivity contribution in [2.75, 3.05) is 13.2 Å². The van der Waals surface area contributed by atoms with Crippen LogP contribution in [0.2, 0.25) is 0 Å². The largest absolute Gasteiger partial charge is 0.502 e. The zero-order valence-electron chi connectivity index (χ0n) is 13.8. The van der Waals surface area contributed by atoms with Crippen LogP contribution in [-0.2, 0) is 22.3 Å². The molecule has 1 aromatic carbocycles. The molecule has 24 heavy (non-hydrogen) atoms. The summed E-state index contributed by atoms with van der Waals surface area (Å²) in [6.45, 7) is 4.74. The Kier molecular flexibility index (Phi) is 8.11. The molecule has 0 bridgehead atoms. The highest BCUT2D eigenvalue weighted by atomic mass is 16.5. The van der Waals surface area contributed by atoms with E-state index >= 15 is 0 Å². The van der Waals surface area contributed by atoms with Crippen molar-refractivity contribution in [3.05, 3.63) is 59.1 Å². The maximum atomic E-state index is 11.6. The predicted molar refractivity (Wildman–Crippen MR) is 89.3 cm³/mol. The summed E-state index contributed by atoms with van der Waals surface area (Å²) < 4.78 is 10.2. The average Bonchev–Trinajstić information content (AvgIpc) is 2.55. The minimum absolute atomic E-state index is 0.189. The van der Waals surface area contributed by atoms with Crippen molar-refractivity contribution in [3.63, 3.8) is 0 Å². The van der Waals surface area contributed by atoms with Gasteiger partial charge in [0, 0.05) is 0 Å². The summed E-state index contributed by atoms with van der Waals surface area (Å²) in [7, 11) is 0. The van der Waals surface area contributed by atoms with Crippen LogP contribution < -0.4 is 0 Å². The Bertz CT molecular complexity index is 631. The molecule has 0 amide bonds. The van der Waals surface area contributed by atoms with Crippen LogP contribution >= 0.6 is 0 Å². The number of carboxylic acids is 2. The predicted octanol–water partition coefficient (Wildman–Crippen LogP) is 3.27. The molecule has 6 heteroatoms. The first kappa shape index (κ1) is 19.3. The van der Waals surface area contributed by atoms with Crippen LogP contribution in [0.5, 0.6) is 0 Å². The number of carbonyl (C=O) groups is 2. The van der Waals surface area contributed by atoms with E-state index in [0.717, 1.165) is 5.56 Å². The van der Waals surface area contributed by atoms with E-state index in [1.807, 2.05) is 13.8 Å². The second-order valence-electron chi connectivity index (χ2n) is 4.80. The molecular weight excluding hydrogens is 312 g/mol. The van der Waals surface area contributed by atoms with Crippen molar-refractivity contribution >= 4 is 11.9 Å². The number of aromatic carboxylic acids is 2. The SMILES string of the molecule is CCOC=CCc1ccc(C(=O)O)c(C(=O)O)c1CC=COCC. The fourth-order valence-electron chi connectivity index (χ4n) is 2.21. The zero-order valence-corrected chi connectivity index (χ0v) is 13.8. The Morgan fingerprint density at radius 3 is 2.04 bits per heavy atom. The smallest absolute Gasteiger partial charge is 0.336 e. The maximum absolute atomic E-state index is 11.6. The normalized spacial score (nSPS) is 11.1. The lowest BCUT2D eigenvalue weighted by molar-refractivity contribution is 0.0650. The lowest BCUT2D eigenvalue weighted by Gasteiger charge is -2.13. The van der Waals surface area contributed by atoms with E-state index in [1.54, 1.807) is 24.5 Å². The number of rotatable bonds is 10. The monoisotopic (exact) mass is 334 g/mol. The van der Waals surface area contributed by atoms with Gasteiger partial charge in [0.05, 0.1) is 36.9 Å². The molecule has 130 valence electrons. The van der Waals surface area contributed by atoms with Crippen molar-refractivity contribution in [3.8, 4) is 0 Å². The summed E-state index contributed by atoms with van der Waals surface area (Å²) in [6, 6.07) is 2.96. The van der Waals surface area contributed by atoms with Crippen molar-refractivity contribution in [2.24, 2.45) is 0 Å². The van der Waals surface area contributed by atoms with Gasteiger partial charge in [-0.25, -0.2) is 9.59 Å². The number of benzene rings is 1. The van der Waals surface area contributed by atoms with Crippen molar-refractivity contribution in [1.29, 1.82) is 0 Å². The van der Waals surface area contributed by atoms with E-state index in [9.17, 15) is 19.8 Å². The van der Waals surface area contributed by atoms with Gasteiger partial charge in [0.25, 0.3) is 0 Å². The number of hydrogen-bond acceptors (Lipinski definition) is 4. The van der Waals surface area contributed by atoms with Crippen molar-refractivity contribution in [1.82, 2.24) is 0 Å². The van der Waals surface area contributed by atoms with Crippen LogP contribution in [0.15, 0.2) is 36.8 Å². The zero-order chi connectivity index (χ0) is 17.9. The molecular formula is C18H22O6. The highest BCUT2D eigenvalue weighted by Crippen LogP contribution is 2.22. The summed E-state index contributed by atoms with van der Waals surface area (Å²) >= 11 is 0. The fraction of sp³-hybridized carbons (Fsp3) is 0.333. The van der Waals surface area contributed by atoms with Crippen LogP contribution in [0.1, 0.15) is 45.7 Å². The molecule has 0 heterocycles. The maximum Gasteiger partial charge on any atom is 0.336 e. The van der Waals surface area contributed by atoms with Gasteiger partial charge in [0.1, 0.15) is 0 Å². The van der Waals surface area contributed by atoms with Crippen LogP contribution in [0.4, 0.5) is 0 Å². The summed E-state index contributed by atoms with van der Waals surface area (Å²) in [5, 5.41) is 18.7. The van der Waals surface area contributed by atoms with E-state index in [1.165, 1.54) is 12.3 Å². The summed E-state index contributed by atoms with van der Waals surface area (Å²) in [4.78, 5) is 22.9. The highest BCUT2D eigenvalue weighted by Gasteiger charge is 2.21. The Morgan fingerprint density at radius 2 is 1.54 bits per heavy atom. The minimum atomic E-state index is -1.26. The summed E-state index contributed by atoms with van der Waals surface area (Å²) in [5.41, 5.74) is 0.778. The first-order valence-corrected chi connectivity index (χ1v) is 7.67. The number of ether oxygens (including phenoxy) is 2. The topological polar surface area (TPSA) is 93.1 Å². The van der Waals surface area contributed by atoms with Gasteiger partial charge in [-0.3, -0.25) is 0 Å². The third-order valence-corrected chi connectivity index (χ3v) is 3.23. The van der Waals surface area contributed by atoms with Crippen LogP contribution in [0.3, 0.4) is 0 Å². The Labute approximate surface area is 141 Å². The lowest BCUT2D eigenvalue weighted by Crippen LogP contribution is -2.13. The Morgan fingerprint density at radius 1 is 0.958 bits per heavy atom. The number of carboxylic acid groups (broad SMARTS) is 2. The first-order chi connectivity index (χ1) is 11.5. The van der Waals surface area contributed by atoms with E-state index in [4.69, 9.17) is 9.47 Å². The second-order valence-corrected chi connectivity index (χ2v) is 4.80. The van der Waals surface area contributed by atoms with Gasteiger partial charge >= 0.3 is 11.9 Å². The Balaban J connectivity index is 3.27. The van der Waals surface area contributed by atoms with Gasteiger partial charge in [-0.05, 0) is 56.0 Å². The van der Waals surface area contributed by atoms with Gasteiger partial charge in [-0.1, -0.05) is 6.07 Å². The highest BCUT2D eigenvalue weighted by molar-refractivity contribution is 6.03. The first-order valence-electron chi connectivity index (χ1n) is 7.67. The Hall–Kier alpha value is -2.76. The molecule has 1 rings (SSSR count). The molecule has 0 aromatic heterocycles. The van der Waals surface area contributed by atoms with Crippen LogP contribution in [-0.4, -0.2) is 35.4 Å². The van der Waals surface area contributed by atoms with Crippen LogP contribution in [0, 0.1) is 0 Å². The van der Waals surface area contributed by atoms with E-state index < -0.39 is 11.9 Å². The molecule has 0 atom stereocenters. The lowest BCUT2D eigenvalue weighted by atomic mass is 9.92. The van der Waals surface area contributed by atoms with Gasteiger partial charge in [0.2, 0.25) is 0 Å². The molecule has 0 radical (unpaired) electrons. The molecule has 1 aromatic rings. The fourth-order valence-corrected chi connectivity index (χ4v) is 2.21. The molecule has 0 spiro atoms. The van der Waals surface area contributed by atoms with E-state index in [0.29, 0.717) is 25.2 Å². The number of allylic oxidation sites excluding steroid dienone is 2. The number of hydrogen-bond donors (Lipinski definition) is 2. The van der Waals surface area contributed by atoms with Crippen LogP contribution in [0.25, 0.3) is 0 Å². The van der Waals surface area contributed by atoms with Crippen molar-refractivity contribution in [2.45, 2.75) is 26.7 Å². The molecule has 0 fully saturated rings. The minimum Gasteiger partial charge on any atom is -0.502 e. The third-order valence-electron chi connectivity index (χ3n) is 3.23. The summed E-state index contributed by atoms with van der Waals surface area (Å²) in [6.07, 6.45) is 7.18. The molecule has 0 aliphatic heterocycles. The van der Waals surface area contributed by atoms with Gasteiger partial charge in [-0.2, -0.15) is 0 Å². The van der Waals surface area contributed by atoms with Crippen molar-refractivity contribution < 1.29 is 29.3 Å². The van der Waals surface area contributed by atoms with Gasteiger partial charge < -0.3 is 19.7 Å². The quantitative estimate of drug-likeness (QED) is 0.638. The van der Waals surface area contributed by atoms with E-state index in [-0.39, 0.29) is 17.5 Å². The molecule has 6 nitrogen and oxygen atoms in total. The van der Waals surface area contributed by atoms with E-state index in [2.05, 4.69) is 0 Å². The molecule has 2 N–H and O–H groups in total. The molecule has 0 unspecified atom stereocenters. The second kappa shape index (κ2) is 10.1. The average molecular weight is 334 g/mol. The molecule has 0 aliphatic rings. The third kappa shape index (κ3) is 5.46.